The van der Waals surface area contributed by atoms with Crippen LogP contribution in [0.1, 0.15) is 0 Å². The zero-order valence-corrected chi connectivity index (χ0v) is 6.68. The van der Waals surface area contributed by atoms with Crippen molar-refractivity contribution in [3.05, 3.63) is 42.7 Å². The number of hydrogen-bond donors (Lipinski definition) is 0. The van der Waals surface area contributed by atoms with Gasteiger partial charge in [0.2, 0.25) is 0 Å². The molecule has 2 heterocycles. The van der Waals surface area contributed by atoms with E-state index in [1.165, 1.54) is 18.3 Å². The van der Waals surface area contributed by atoms with E-state index >= 15 is 0 Å². The van der Waals surface area contributed by atoms with E-state index in [0.717, 1.165) is 0 Å². The number of nitrogens with zero attached hydrogens (tertiary/aromatic N) is 3. The Morgan fingerprint density at radius 3 is 2.54 bits per heavy atom. The van der Waals surface area contributed by atoms with Gasteiger partial charge in [-0.05, 0) is 6.07 Å². The zero-order chi connectivity index (χ0) is 9.10. The summed E-state index contributed by atoms with van der Waals surface area (Å²) in [6, 6.07) is 2.61. The van der Waals surface area contributed by atoms with Gasteiger partial charge in [0.1, 0.15) is 11.5 Å². The topological polar surface area (TPSA) is 38.7 Å². The summed E-state index contributed by atoms with van der Waals surface area (Å²) in [5, 5.41) is 0. The minimum absolute atomic E-state index is 0.323. The zero-order valence-electron chi connectivity index (χ0n) is 6.68. The molecule has 0 unspecified atom stereocenters. The van der Waals surface area contributed by atoms with Crippen molar-refractivity contribution < 1.29 is 4.39 Å². The maximum absolute atomic E-state index is 12.8. The third kappa shape index (κ3) is 1.66. The number of pyridine rings is 1. The van der Waals surface area contributed by atoms with Crippen molar-refractivity contribution in [2.45, 2.75) is 0 Å². The van der Waals surface area contributed by atoms with E-state index in [4.69, 9.17) is 0 Å². The standard InChI is InChI=1S/C9H6FN3/c10-7-1-2-12-8(5-7)9-6-11-3-4-13-9/h1-6H. The number of rotatable bonds is 1. The summed E-state index contributed by atoms with van der Waals surface area (Å²) in [4.78, 5) is 11.8. The summed E-state index contributed by atoms with van der Waals surface area (Å²) in [7, 11) is 0. The normalized spacial score (nSPS) is 9.92. The van der Waals surface area contributed by atoms with E-state index in [1.54, 1.807) is 18.6 Å². The quantitative estimate of drug-likeness (QED) is 0.661. The van der Waals surface area contributed by atoms with Crippen LogP contribution in [0, 0.1) is 5.82 Å². The minimum atomic E-state index is -0.323. The second-order valence-electron chi connectivity index (χ2n) is 2.45. The van der Waals surface area contributed by atoms with E-state index in [9.17, 15) is 4.39 Å². The second-order valence-corrected chi connectivity index (χ2v) is 2.45. The summed E-state index contributed by atoms with van der Waals surface area (Å²) >= 11 is 0. The van der Waals surface area contributed by atoms with Crippen LogP contribution in [0.5, 0.6) is 0 Å². The van der Waals surface area contributed by atoms with Crippen LogP contribution in [0.3, 0.4) is 0 Å². The van der Waals surface area contributed by atoms with Crippen molar-refractivity contribution in [2.75, 3.05) is 0 Å². The molecule has 0 bridgehead atoms. The highest BCUT2D eigenvalue weighted by Gasteiger charge is 2.00. The van der Waals surface area contributed by atoms with Crippen LogP contribution in [0.25, 0.3) is 11.4 Å². The number of aromatic nitrogens is 3. The molecule has 0 saturated carbocycles. The summed E-state index contributed by atoms with van der Waals surface area (Å²) in [6.07, 6.45) is 6.05. The molecule has 0 N–H and O–H groups in total. The van der Waals surface area contributed by atoms with Crippen molar-refractivity contribution in [3.8, 4) is 11.4 Å². The van der Waals surface area contributed by atoms with Crippen molar-refractivity contribution in [2.24, 2.45) is 0 Å². The highest BCUT2D eigenvalue weighted by molar-refractivity contribution is 5.51. The van der Waals surface area contributed by atoms with E-state index in [0.29, 0.717) is 11.4 Å². The second kappa shape index (κ2) is 3.26. The van der Waals surface area contributed by atoms with Crippen molar-refractivity contribution in [1.82, 2.24) is 15.0 Å². The summed E-state index contributed by atoms with van der Waals surface area (Å²) < 4.78 is 12.8. The van der Waals surface area contributed by atoms with E-state index in [-0.39, 0.29) is 5.82 Å². The van der Waals surface area contributed by atoms with Crippen LogP contribution in [-0.4, -0.2) is 15.0 Å². The van der Waals surface area contributed by atoms with Gasteiger partial charge in [-0.1, -0.05) is 0 Å². The summed E-state index contributed by atoms with van der Waals surface area (Å²) in [6.45, 7) is 0. The Morgan fingerprint density at radius 1 is 1.00 bits per heavy atom. The molecule has 0 spiro atoms. The van der Waals surface area contributed by atoms with E-state index < -0.39 is 0 Å². The fourth-order valence-electron chi connectivity index (χ4n) is 0.976. The molecule has 2 aromatic rings. The molecule has 0 saturated heterocycles. The lowest BCUT2D eigenvalue weighted by atomic mass is 10.3. The predicted octanol–water partition coefficient (Wildman–Crippen LogP) is 1.68. The smallest absolute Gasteiger partial charge is 0.126 e. The fraction of sp³-hybridized carbons (Fsp3) is 0. The lowest BCUT2D eigenvalue weighted by Crippen LogP contribution is -1.88. The maximum Gasteiger partial charge on any atom is 0.126 e. The average molecular weight is 175 g/mol. The Bertz CT molecular complexity index is 403. The molecule has 0 radical (unpaired) electrons. The molecule has 0 aliphatic heterocycles. The van der Waals surface area contributed by atoms with Crippen molar-refractivity contribution in [3.63, 3.8) is 0 Å². The maximum atomic E-state index is 12.8. The Kier molecular flexibility index (Phi) is 1.96. The molecule has 13 heavy (non-hydrogen) atoms. The van der Waals surface area contributed by atoms with E-state index in [1.807, 2.05) is 0 Å². The molecule has 0 aliphatic rings. The Hall–Kier alpha value is -1.84. The highest BCUT2D eigenvalue weighted by Crippen LogP contribution is 2.12. The SMILES string of the molecule is Fc1ccnc(-c2cnccn2)c1. The van der Waals surface area contributed by atoms with Gasteiger partial charge in [-0.3, -0.25) is 15.0 Å². The lowest BCUT2D eigenvalue weighted by Gasteiger charge is -1.97. The average Bonchev–Trinajstić information content (AvgIpc) is 2.19. The Morgan fingerprint density at radius 2 is 1.85 bits per heavy atom. The third-order valence-electron chi connectivity index (χ3n) is 1.55. The van der Waals surface area contributed by atoms with Crippen LogP contribution in [0.15, 0.2) is 36.9 Å². The molecule has 0 aromatic carbocycles. The molecule has 0 atom stereocenters. The van der Waals surface area contributed by atoms with Gasteiger partial charge in [0.05, 0.1) is 11.9 Å². The first-order chi connectivity index (χ1) is 6.36. The molecule has 2 aromatic heterocycles. The van der Waals surface area contributed by atoms with Crippen LogP contribution < -0.4 is 0 Å². The monoisotopic (exact) mass is 175 g/mol. The Balaban J connectivity index is 2.48. The first-order valence-corrected chi connectivity index (χ1v) is 3.74. The lowest BCUT2D eigenvalue weighted by molar-refractivity contribution is 0.626. The predicted molar refractivity (Wildman–Crippen MR) is 45.2 cm³/mol. The number of halogens is 1. The van der Waals surface area contributed by atoms with Gasteiger partial charge in [-0.15, -0.1) is 0 Å². The van der Waals surface area contributed by atoms with Crippen molar-refractivity contribution in [1.29, 1.82) is 0 Å². The fourth-order valence-corrected chi connectivity index (χ4v) is 0.976. The summed E-state index contributed by atoms with van der Waals surface area (Å²) in [5.74, 6) is -0.323. The molecular weight excluding hydrogens is 169 g/mol. The minimum Gasteiger partial charge on any atom is -0.261 e. The Labute approximate surface area is 74.3 Å². The first kappa shape index (κ1) is 7.79. The van der Waals surface area contributed by atoms with Gasteiger partial charge in [0.15, 0.2) is 0 Å². The van der Waals surface area contributed by atoms with Gasteiger partial charge in [-0.25, -0.2) is 4.39 Å². The molecule has 0 aliphatic carbocycles. The van der Waals surface area contributed by atoms with Crippen LogP contribution in [-0.2, 0) is 0 Å². The van der Waals surface area contributed by atoms with Crippen LogP contribution >= 0.6 is 0 Å². The molecule has 4 heteroatoms. The molecule has 0 amide bonds. The largest absolute Gasteiger partial charge is 0.261 e. The molecule has 0 fully saturated rings. The molecule has 64 valence electrons. The van der Waals surface area contributed by atoms with Crippen LogP contribution in [0.2, 0.25) is 0 Å². The van der Waals surface area contributed by atoms with Gasteiger partial charge >= 0.3 is 0 Å². The molecule has 2 rings (SSSR count). The van der Waals surface area contributed by atoms with Gasteiger partial charge in [0, 0.05) is 24.7 Å². The van der Waals surface area contributed by atoms with Gasteiger partial charge in [0.25, 0.3) is 0 Å². The van der Waals surface area contributed by atoms with Gasteiger partial charge in [-0.2, -0.15) is 0 Å². The first-order valence-electron chi connectivity index (χ1n) is 3.74. The molecule has 3 nitrogen and oxygen atoms in total. The highest BCUT2D eigenvalue weighted by atomic mass is 19.1. The van der Waals surface area contributed by atoms with Crippen molar-refractivity contribution >= 4 is 0 Å². The van der Waals surface area contributed by atoms with Crippen LogP contribution in [0.4, 0.5) is 4.39 Å². The summed E-state index contributed by atoms with van der Waals surface area (Å²) in [5.41, 5.74) is 1.06. The number of hydrogen-bond acceptors (Lipinski definition) is 3. The van der Waals surface area contributed by atoms with E-state index in [2.05, 4.69) is 15.0 Å². The van der Waals surface area contributed by atoms with Gasteiger partial charge < -0.3 is 0 Å². The molecular formula is C9H6FN3. The third-order valence-corrected chi connectivity index (χ3v) is 1.55.